The summed E-state index contributed by atoms with van der Waals surface area (Å²) in [6.07, 6.45) is 9.05. The number of anilines is 1. The van der Waals surface area contributed by atoms with Gasteiger partial charge in [0.1, 0.15) is 0 Å². The Morgan fingerprint density at radius 2 is 2.05 bits per heavy atom. The van der Waals surface area contributed by atoms with Gasteiger partial charge in [-0.3, -0.25) is 9.78 Å². The van der Waals surface area contributed by atoms with E-state index in [1.165, 1.54) is 5.69 Å². The molecule has 1 atom stereocenters. The maximum absolute atomic E-state index is 12.3. The van der Waals surface area contributed by atoms with Crippen LogP contribution >= 0.6 is 0 Å². The lowest BCUT2D eigenvalue weighted by atomic mass is 10.2. The van der Waals surface area contributed by atoms with Gasteiger partial charge >= 0.3 is 0 Å². The van der Waals surface area contributed by atoms with Gasteiger partial charge in [0.15, 0.2) is 0 Å². The molecule has 114 valence electrons. The smallest absolute Gasteiger partial charge is 0.267 e. The van der Waals surface area contributed by atoms with Gasteiger partial charge in [0, 0.05) is 36.7 Å². The minimum Gasteiger partial charge on any atom is -0.367 e. The van der Waals surface area contributed by atoms with E-state index in [0.717, 1.165) is 49.9 Å². The van der Waals surface area contributed by atoms with Crippen LogP contribution in [0.25, 0.3) is 0 Å². The van der Waals surface area contributed by atoms with E-state index in [4.69, 9.17) is 0 Å². The number of rotatable bonds is 3. The van der Waals surface area contributed by atoms with Crippen LogP contribution in [-0.2, 0) is 19.4 Å². The van der Waals surface area contributed by atoms with Crippen LogP contribution in [0.15, 0.2) is 35.4 Å². The first kappa shape index (κ1) is 13.5. The van der Waals surface area contributed by atoms with Crippen LogP contribution in [0, 0.1) is 0 Å². The molecule has 1 saturated heterocycles. The maximum Gasteiger partial charge on any atom is 0.267 e. The molecule has 1 unspecified atom stereocenters. The normalized spacial score (nSPS) is 20.4. The van der Waals surface area contributed by atoms with E-state index in [0.29, 0.717) is 12.6 Å². The second-order valence-electron chi connectivity index (χ2n) is 6.19. The number of aryl methyl sites for hydroxylation is 2. The predicted octanol–water partition coefficient (Wildman–Crippen LogP) is 1.80. The topological polar surface area (TPSA) is 51.0 Å². The second-order valence-corrected chi connectivity index (χ2v) is 6.19. The van der Waals surface area contributed by atoms with Gasteiger partial charge in [0.2, 0.25) is 0 Å². The molecule has 1 aliphatic carbocycles. The zero-order valence-electron chi connectivity index (χ0n) is 12.6. The summed E-state index contributed by atoms with van der Waals surface area (Å²) in [6.45, 7) is 1.71. The van der Waals surface area contributed by atoms with Crippen LogP contribution in [0.2, 0.25) is 0 Å². The highest BCUT2D eigenvalue weighted by Crippen LogP contribution is 2.25. The highest BCUT2D eigenvalue weighted by Gasteiger charge is 2.26. The summed E-state index contributed by atoms with van der Waals surface area (Å²) >= 11 is 0. The predicted molar refractivity (Wildman–Crippen MR) is 85.1 cm³/mol. The third-order valence-corrected chi connectivity index (χ3v) is 4.78. The molecule has 3 heterocycles. The average molecular weight is 296 g/mol. The van der Waals surface area contributed by atoms with E-state index in [1.807, 2.05) is 24.5 Å². The van der Waals surface area contributed by atoms with Crippen molar-refractivity contribution in [3.63, 3.8) is 0 Å². The third kappa shape index (κ3) is 2.40. The molecule has 0 aromatic carbocycles. The van der Waals surface area contributed by atoms with E-state index in [1.54, 1.807) is 10.7 Å². The Labute approximate surface area is 129 Å². The van der Waals surface area contributed by atoms with Gasteiger partial charge in [-0.05, 0) is 49.8 Å². The summed E-state index contributed by atoms with van der Waals surface area (Å²) < 4.78 is 1.67. The molecule has 2 aliphatic rings. The zero-order valence-corrected chi connectivity index (χ0v) is 12.6. The maximum atomic E-state index is 12.3. The van der Waals surface area contributed by atoms with Gasteiger partial charge in [-0.25, -0.2) is 4.68 Å². The Kier molecular flexibility index (Phi) is 3.41. The van der Waals surface area contributed by atoms with E-state index >= 15 is 0 Å². The fraction of sp³-hybridized carbons (Fsp3) is 0.471. The van der Waals surface area contributed by atoms with Crippen molar-refractivity contribution in [2.75, 3.05) is 11.4 Å². The Bertz CT molecular complexity index is 725. The zero-order chi connectivity index (χ0) is 14.9. The molecule has 2 aromatic rings. The highest BCUT2D eigenvalue weighted by molar-refractivity contribution is 5.46. The molecule has 0 radical (unpaired) electrons. The summed E-state index contributed by atoms with van der Waals surface area (Å²) in [6, 6.07) is 6.21. The lowest BCUT2D eigenvalue weighted by molar-refractivity contribution is 0.483. The standard InChI is InChI=1S/C17H20N4O/c22-17-11-13-3-1-5-16(13)19-21(17)12-15-4-2-10-20(15)14-6-8-18-9-7-14/h6-9,11,15H,1-5,10,12H2. The summed E-state index contributed by atoms with van der Waals surface area (Å²) in [5, 5.41) is 4.61. The molecule has 0 N–H and O–H groups in total. The molecule has 22 heavy (non-hydrogen) atoms. The van der Waals surface area contributed by atoms with Gasteiger partial charge < -0.3 is 4.90 Å². The summed E-state index contributed by atoms with van der Waals surface area (Å²) in [7, 11) is 0. The molecule has 5 nitrogen and oxygen atoms in total. The minimum atomic E-state index is 0.0437. The van der Waals surface area contributed by atoms with Crippen molar-refractivity contribution < 1.29 is 0 Å². The van der Waals surface area contributed by atoms with E-state index in [9.17, 15) is 4.79 Å². The van der Waals surface area contributed by atoms with E-state index in [2.05, 4.69) is 15.0 Å². The van der Waals surface area contributed by atoms with Crippen LogP contribution in [0.1, 0.15) is 30.5 Å². The minimum absolute atomic E-state index is 0.0437. The van der Waals surface area contributed by atoms with Crippen molar-refractivity contribution >= 4 is 5.69 Å². The van der Waals surface area contributed by atoms with Crippen molar-refractivity contribution in [1.29, 1.82) is 0 Å². The number of pyridine rings is 1. The average Bonchev–Trinajstić information content (AvgIpc) is 3.17. The second kappa shape index (κ2) is 5.55. The number of hydrogen-bond donors (Lipinski definition) is 0. The fourth-order valence-corrected chi connectivity index (χ4v) is 3.67. The molecule has 1 aliphatic heterocycles. The summed E-state index contributed by atoms with van der Waals surface area (Å²) in [4.78, 5) is 18.7. The van der Waals surface area contributed by atoms with Crippen molar-refractivity contribution in [3.8, 4) is 0 Å². The number of hydrogen-bond acceptors (Lipinski definition) is 4. The molecule has 4 rings (SSSR count). The van der Waals surface area contributed by atoms with Crippen molar-refractivity contribution in [2.45, 2.75) is 44.7 Å². The molecule has 0 bridgehead atoms. The van der Waals surface area contributed by atoms with E-state index < -0.39 is 0 Å². The lowest BCUT2D eigenvalue weighted by Gasteiger charge is -2.26. The Balaban J connectivity index is 1.59. The molecule has 1 fully saturated rings. The van der Waals surface area contributed by atoms with Crippen molar-refractivity contribution in [1.82, 2.24) is 14.8 Å². The molecule has 2 aromatic heterocycles. The molecular weight excluding hydrogens is 276 g/mol. The first-order valence-corrected chi connectivity index (χ1v) is 8.08. The van der Waals surface area contributed by atoms with Gasteiger partial charge in [0.25, 0.3) is 5.56 Å². The SMILES string of the molecule is O=c1cc2c(nn1CC1CCCN1c1ccncc1)CCC2. The van der Waals surface area contributed by atoms with Crippen molar-refractivity contribution in [2.24, 2.45) is 0 Å². The van der Waals surface area contributed by atoms with Crippen molar-refractivity contribution in [3.05, 3.63) is 52.2 Å². The number of aromatic nitrogens is 3. The molecule has 0 spiro atoms. The molecule has 0 saturated carbocycles. The fourth-order valence-electron chi connectivity index (χ4n) is 3.67. The first-order chi connectivity index (χ1) is 10.8. The van der Waals surface area contributed by atoms with Crippen LogP contribution in [0.5, 0.6) is 0 Å². The number of nitrogens with zero attached hydrogens (tertiary/aromatic N) is 4. The van der Waals surface area contributed by atoms with Gasteiger partial charge in [-0.15, -0.1) is 0 Å². The molecule has 5 heteroatoms. The molecular formula is C17H20N4O. The Morgan fingerprint density at radius 1 is 1.18 bits per heavy atom. The largest absolute Gasteiger partial charge is 0.367 e. The van der Waals surface area contributed by atoms with Crippen LogP contribution < -0.4 is 10.5 Å². The Morgan fingerprint density at radius 3 is 2.91 bits per heavy atom. The highest BCUT2D eigenvalue weighted by atomic mass is 16.1. The molecule has 0 amide bonds. The summed E-state index contributed by atoms with van der Waals surface area (Å²) in [5.74, 6) is 0. The Hall–Kier alpha value is -2.17. The van der Waals surface area contributed by atoms with Gasteiger partial charge in [-0.1, -0.05) is 0 Å². The van der Waals surface area contributed by atoms with Crippen LogP contribution in [-0.4, -0.2) is 27.4 Å². The van der Waals surface area contributed by atoms with E-state index in [-0.39, 0.29) is 5.56 Å². The van der Waals surface area contributed by atoms with Crippen LogP contribution in [0.4, 0.5) is 5.69 Å². The number of fused-ring (bicyclic) bond motifs is 1. The first-order valence-electron chi connectivity index (χ1n) is 8.08. The van der Waals surface area contributed by atoms with Gasteiger partial charge in [-0.2, -0.15) is 5.10 Å². The van der Waals surface area contributed by atoms with Crippen LogP contribution in [0.3, 0.4) is 0 Å². The quantitative estimate of drug-likeness (QED) is 0.866. The summed E-state index contributed by atoms with van der Waals surface area (Å²) in [5.41, 5.74) is 3.50. The van der Waals surface area contributed by atoms with Gasteiger partial charge in [0.05, 0.1) is 12.2 Å². The third-order valence-electron chi connectivity index (χ3n) is 4.78. The lowest BCUT2D eigenvalue weighted by Crippen LogP contribution is -2.37. The monoisotopic (exact) mass is 296 g/mol.